The predicted octanol–water partition coefficient (Wildman–Crippen LogP) is -7.13. The van der Waals surface area contributed by atoms with Crippen LogP contribution >= 0.6 is 0 Å². The van der Waals surface area contributed by atoms with E-state index in [0.717, 1.165) is 0 Å². The van der Waals surface area contributed by atoms with Gasteiger partial charge in [-0.2, -0.15) is 0 Å². The van der Waals surface area contributed by atoms with E-state index in [-0.39, 0.29) is 98.8 Å². The molecule has 6 nitrogen and oxygen atoms in total. The molecule has 0 fully saturated rings. The third-order valence-corrected chi connectivity index (χ3v) is 0. The molecule has 0 saturated carbocycles. The van der Waals surface area contributed by atoms with Gasteiger partial charge in [-0.15, -0.1) is 0 Å². The molecular weight excluding hydrogens is 400 g/mol. The summed E-state index contributed by atoms with van der Waals surface area (Å²) in [5.74, 6) is 0. The Hall–Kier alpha value is 2.93. The van der Waals surface area contributed by atoms with Crippen LogP contribution in [0.5, 0.6) is 0 Å². The molecule has 0 aliphatic heterocycles. The van der Waals surface area contributed by atoms with Crippen LogP contribution < -0.4 is 31.5 Å². The Kier molecular flexibility index (Phi) is 354. The second-order valence-electron chi connectivity index (χ2n) is 0. The third kappa shape index (κ3) is 65.4. The monoisotopic (exact) mass is 402 g/mol. The van der Waals surface area contributed by atoms with Crippen LogP contribution in [0.3, 0.4) is 0 Å². The minimum atomic E-state index is 0. The van der Waals surface area contributed by atoms with E-state index in [2.05, 4.69) is 0 Å². The molecule has 0 atom stereocenters. The zero-order valence-electron chi connectivity index (χ0n) is 3.21. The van der Waals surface area contributed by atoms with Crippen molar-refractivity contribution in [2.24, 2.45) is 0 Å². The van der Waals surface area contributed by atoms with Gasteiger partial charge in [-0.3, -0.25) is 0 Å². The van der Waals surface area contributed by atoms with Gasteiger partial charge in [-0.25, -0.2) is 0 Å². The Bertz CT molecular complexity index is 6.49. The van der Waals surface area contributed by atoms with Crippen molar-refractivity contribution in [3.05, 3.63) is 0 Å². The first-order valence-electron chi connectivity index (χ1n) is 0.500. The molecule has 0 bridgehead atoms. The van der Waals surface area contributed by atoms with Gasteiger partial charge >= 0.3 is 98.8 Å². The molecule has 8 heavy (non-hydrogen) atoms. The summed E-state index contributed by atoms with van der Waals surface area (Å²) < 4.78 is 0. The quantitative estimate of drug-likeness (QED) is 0.293. The van der Waals surface area contributed by atoms with Gasteiger partial charge in [0.1, 0.15) is 0 Å². The van der Waals surface area contributed by atoms with Crippen molar-refractivity contribution < 1.29 is 130 Å². The summed E-state index contributed by atoms with van der Waals surface area (Å²) in [6.45, 7) is 0. The van der Waals surface area contributed by atoms with Gasteiger partial charge < -0.3 is 31.5 Å². The van der Waals surface area contributed by atoms with Crippen LogP contribution in [0.1, 0.15) is 0 Å². The Morgan fingerprint density at radius 1 is 0.375 bits per heavy atom. The molecule has 0 aliphatic carbocycles. The molecule has 0 aliphatic rings. The molecule has 0 saturated heterocycles. The first kappa shape index (κ1) is 30.7. The second-order valence-corrected chi connectivity index (χ2v) is 0. The maximum Gasteiger partial charge on any atom is 3.00 e. The fraction of sp³-hybridized carbons (Fsp3) is 0. The molecule has 0 amide bonds. The molecule has 0 rings (SSSR count). The number of hydrogen-bond acceptors (Lipinski definition) is 6. The summed E-state index contributed by atoms with van der Waals surface area (Å²) in [6.07, 6.45) is 0. The van der Waals surface area contributed by atoms with Gasteiger partial charge in [0, 0.05) is 0 Å². The molecule has 0 N–H and O–H groups in total. The molecule has 50 valence electrons. The molecule has 0 heterocycles. The molecule has 0 aromatic carbocycles. The summed E-state index contributed by atoms with van der Waals surface area (Å²) >= 11 is 0. The number of hydrogen-bond donors (Lipinski definition) is 0. The van der Waals surface area contributed by atoms with Crippen LogP contribution in [-0.4, -0.2) is 0 Å². The third-order valence-electron chi connectivity index (χ3n) is 0. The second kappa shape index (κ2) is 92.3. The van der Waals surface area contributed by atoms with Crippen LogP contribution in [0.25, 0.3) is 0 Å². The predicted molar refractivity (Wildman–Crippen MR) is 0 cm³/mol. The van der Waals surface area contributed by atoms with Crippen molar-refractivity contribution in [3.63, 3.8) is 0 Å². The summed E-state index contributed by atoms with van der Waals surface area (Å²) in [6, 6.07) is 0. The standard InChI is InChI=1S/2Eu.3O2/c;;3*1-2/q2*+3;3*-2. The Morgan fingerprint density at radius 3 is 0.375 bits per heavy atom. The summed E-state index contributed by atoms with van der Waals surface area (Å²) in [5, 5.41) is 42.0. The van der Waals surface area contributed by atoms with Gasteiger partial charge in [-0.1, -0.05) is 0 Å². The minimum Gasteiger partial charge on any atom is -1.00 e. The fourth-order valence-electron chi connectivity index (χ4n) is 0. The van der Waals surface area contributed by atoms with Crippen molar-refractivity contribution in [1.82, 2.24) is 0 Å². The number of rotatable bonds is 0. The van der Waals surface area contributed by atoms with Crippen molar-refractivity contribution in [2.75, 3.05) is 0 Å². The zero-order chi connectivity index (χ0) is 6.00. The van der Waals surface area contributed by atoms with E-state index in [4.69, 9.17) is 31.5 Å². The largest absolute Gasteiger partial charge is 3.00 e. The van der Waals surface area contributed by atoms with Crippen LogP contribution in [0.4, 0.5) is 0 Å². The molecule has 0 aromatic heterocycles. The normalized spacial score (nSPS) is 2.25. The van der Waals surface area contributed by atoms with Gasteiger partial charge in [0.05, 0.1) is 0 Å². The Labute approximate surface area is 127 Å². The average Bonchev–Trinajstić information content (AvgIpc) is 1.81. The minimum absolute atomic E-state index is 0. The van der Waals surface area contributed by atoms with Crippen LogP contribution in [0, 0.1) is 98.8 Å². The van der Waals surface area contributed by atoms with Crippen molar-refractivity contribution >= 4 is 0 Å². The average molecular weight is 400 g/mol. The van der Waals surface area contributed by atoms with E-state index < -0.39 is 0 Å². The Balaban J connectivity index is -0.00000000500. The molecule has 0 unspecified atom stereocenters. The van der Waals surface area contributed by atoms with Crippen molar-refractivity contribution in [1.29, 1.82) is 0 Å². The van der Waals surface area contributed by atoms with Crippen LogP contribution in [0.15, 0.2) is 0 Å². The smallest absolute Gasteiger partial charge is 1.00 e. The SMILES string of the molecule is [Eu+3].[Eu+3].[O-][O-].[O-][O-].[O-][O-]. The molecule has 8 heteroatoms. The van der Waals surface area contributed by atoms with Gasteiger partial charge in [0.25, 0.3) is 0 Å². The zero-order valence-corrected chi connectivity index (χ0v) is 8.06. The van der Waals surface area contributed by atoms with Crippen LogP contribution in [-0.2, 0) is 0 Å². The van der Waals surface area contributed by atoms with E-state index in [0.29, 0.717) is 0 Å². The van der Waals surface area contributed by atoms with E-state index in [9.17, 15) is 0 Å². The maximum absolute atomic E-state index is 7.00. The van der Waals surface area contributed by atoms with Crippen LogP contribution in [0.2, 0.25) is 0 Å². The first-order valence-corrected chi connectivity index (χ1v) is 0.500. The summed E-state index contributed by atoms with van der Waals surface area (Å²) in [7, 11) is 0. The van der Waals surface area contributed by atoms with E-state index >= 15 is 0 Å². The summed E-state index contributed by atoms with van der Waals surface area (Å²) in [5.41, 5.74) is 0. The van der Waals surface area contributed by atoms with E-state index in [1.165, 1.54) is 0 Å². The fourth-order valence-corrected chi connectivity index (χ4v) is 0. The molecule has 0 radical (unpaired) electrons. The Morgan fingerprint density at radius 2 is 0.375 bits per heavy atom. The summed E-state index contributed by atoms with van der Waals surface area (Å²) in [4.78, 5) is 0. The topological polar surface area (TPSA) is 138 Å². The maximum atomic E-state index is 7.00. The van der Waals surface area contributed by atoms with Crippen molar-refractivity contribution in [2.45, 2.75) is 0 Å². The van der Waals surface area contributed by atoms with E-state index in [1.807, 2.05) is 0 Å². The first-order chi connectivity index (χ1) is 3.00. The van der Waals surface area contributed by atoms with Gasteiger partial charge in [0.2, 0.25) is 0 Å². The molecular formula is Eu2O6. The molecule has 0 spiro atoms. The van der Waals surface area contributed by atoms with E-state index in [1.54, 1.807) is 0 Å². The van der Waals surface area contributed by atoms with Gasteiger partial charge in [-0.05, 0) is 0 Å². The molecule has 0 aromatic rings. The van der Waals surface area contributed by atoms with Gasteiger partial charge in [0.15, 0.2) is 0 Å². The van der Waals surface area contributed by atoms with Crippen molar-refractivity contribution in [3.8, 4) is 0 Å².